The van der Waals surface area contributed by atoms with E-state index in [0.29, 0.717) is 0 Å². The highest BCUT2D eigenvalue weighted by Crippen LogP contribution is 2.36. The Morgan fingerprint density at radius 1 is 1.22 bits per heavy atom. The van der Waals surface area contributed by atoms with Crippen molar-refractivity contribution in [2.45, 2.75) is 34.9 Å². The molecular weight excluding hydrogens is 312 g/mol. The average molecular weight is 325 g/mol. The first kappa shape index (κ1) is 16.2. The minimum absolute atomic E-state index is 0.659. The minimum atomic E-state index is -2.30. The van der Waals surface area contributed by atoms with Crippen molar-refractivity contribution in [1.82, 2.24) is 4.84 Å². The monoisotopic (exact) mass is 323 g/mol. The number of carbonyl (C=O) groups is 1. The molecule has 0 aromatic carbocycles. The van der Waals surface area contributed by atoms with Gasteiger partial charge in [-0.15, -0.1) is 0 Å². The molecule has 0 aromatic heterocycles. The molecule has 106 valence electrons. The molecular formula is C8H12Cl3NO6. The maximum Gasteiger partial charge on any atom is 0.273 e. The van der Waals surface area contributed by atoms with Crippen LogP contribution in [0.1, 0.15) is 0 Å². The number of aliphatic hydroxyl groups is 4. The summed E-state index contributed by atoms with van der Waals surface area (Å²) in [7, 11) is 0. The highest BCUT2D eigenvalue weighted by Gasteiger charge is 2.55. The molecule has 0 unspecified atom stereocenters. The summed E-state index contributed by atoms with van der Waals surface area (Å²) >= 11 is 16.5. The molecule has 0 saturated carbocycles. The summed E-state index contributed by atoms with van der Waals surface area (Å²) in [6.07, 6.45) is -7.76. The molecule has 5 N–H and O–H groups in total. The molecule has 0 aromatic rings. The molecule has 1 aliphatic rings. The molecule has 1 aliphatic heterocycles. The third-order valence-electron chi connectivity index (χ3n) is 2.64. The lowest BCUT2D eigenvalue weighted by atomic mass is 9.93. The van der Waals surface area contributed by atoms with Crippen molar-refractivity contribution < 1.29 is 30.0 Å². The maximum absolute atomic E-state index is 11.4. The third-order valence-corrected chi connectivity index (χ3v) is 3.58. The SMILES string of the molecule is O=C(NCl)C(Cl)(Cl)[C@H]1O[C@H](CO)[C@H](O)[C@H](O)[C@H]1O. The highest BCUT2D eigenvalue weighted by molar-refractivity contribution is 6.59. The number of aliphatic hydroxyl groups excluding tert-OH is 4. The number of amides is 1. The van der Waals surface area contributed by atoms with E-state index in [4.69, 9.17) is 44.8 Å². The second-order valence-electron chi connectivity index (χ2n) is 3.80. The number of hydrogen-bond donors (Lipinski definition) is 5. The average Bonchev–Trinajstić information content (AvgIpc) is 2.34. The van der Waals surface area contributed by atoms with Crippen molar-refractivity contribution >= 4 is 40.9 Å². The van der Waals surface area contributed by atoms with Crippen molar-refractivity contribution in [3.05, 3.63) is 0 Å². The van der Waals surface area contributed by atoms with Crippen LogP contribution in [-0.4, -0.2) is 67.8 Å². The van der Waals surface area contributed by atoms with Crippen LogP contribution in [0.5, 0.6) is 0 Å². The fourth-order valence-electron chi connectivity index (χ4n) is 1.59. The predicted molar refractivity (Wildman–Crippen MR) is 62.2 cm³/mol. The molecule has 1 rings (SSSR count). The number of rotatable bonds is 3. The van der Waals surface area contributed by atoms with E-state index in [2.05, 4.69) is 0 Å². The zero-order valence-electron chi connectivity index (χ0n) is 8.83. The van der Waals surface area contributed by atoms with Gasteiger partial charge in [-0.1, -0.05) is 23.2 Å². The molecule has 5 atom stereocenters. The van der Waals surface area contributed by atoms with Gasteiger partial charge in [0, 0.05) is 11.8 Å². The highest BCUT2D eigenvalue weighted by atomic mass is 35.5. The van der Waals surface area contributed by atoms with Gasteiger partial charge < -0.3 is 25.2 Å². The molecule has 0 bridgehead atoms. The Bertz CT molecular complexity index is 315. The van der Waals surface area contributed by atoms with Gasteiger partial charge in [0.1, 0.15) is 30.5 Å². The Hall–Kier alpha value is 0.140. The van der Waals surface area contributed by atoms with Crippen molar-refractivity contribution in [2.24, 2.45) is 0 Å². The number of hydrogen-bond acceptors (Lipinski definition) is 6. The van der Waals surface area contributed by atoms with Crippen LogP contribution < -0.4 is 4.84 Å². The maximum atomic E-state index is 11.4. The zero-order valence-corrected chi connectivity index (χ0v) is 11.1. The molecule has 0 aliphatic carbocycles. The van der Waals surface area contributed by atoms with E-state index in [0.717, 1.165) is 0 Å². The number of nitrogens with one attached hydrogen (secondary N) is 1. The van der Waals surface area contributed by atoms with Gasteiger partial charge in [-0.2, -0.15) is 0 Å². The molecule has 10 heteroatoms. The quantitative estimate of drug-likeness (QED) is 0.311. The summed E-state index contributed by atoms with van der Waals surface area (Å²) in [5, 5.41) is 37.7. The Labute approximate surface area is 117 Å². The van der Waals surface area contributed by atoms with Gasteiger partial charge in [0.2, 0.25) is 4.33 Å². The van der Waals surface area contributed by atoms with Gasteiger partial charge in [-0.05, 0) is 0 Å². The van der Waals surface area contributed by atoms with E-state index in [1.54, 1.807) is 4.84 Å². The number of alkyl halides is 2. The lowest BCUT2D eigenvalue weighted by molar-refractivity contribution is -0.231. The van der Waals surface area contributed by atoms with Crippen molar-refractivity contribution in [3.63, 3.8) is 0 Å². The molecule has 0 radical (unpaired) electrons. The van der Waals surface area contributed by atoms with E-state index in [-0.39, 0.29) is 0 Å². The second kappa shape index (κ2) is 6.06. The molecule has 1 amide bonds. The van der Waals surface area contributed by atoms with Crippen LogP contribution in [0.25, 0.3) is 0 Å². The topological polar surface area (TPSA) is 119 Å². The predicted octanol–water partition coefficient (Wildman–Crippen LogP) is -1.73. The van der Waals surface area contributed by atoms with Crippen LogP contribution >= 0.6 is 35.0 Å². The normalized spacial score (nSPS) is 37.4. The summed E-state index contributed by atoms with van der Waals surface area (Å²) in [5.41, 5.74) is 0. The Kier molecular flexibility index (Phi) is 5.45. The summed E-state index contributed by atoms with van der Waals surface area (Å²) in [5.74, 6) is -1.07. The van der Waals surface area contributed by atoms with Crippen LogP contribution in [0.15, 0.2) is 0 Å². The van der Waals surface area contributed by atoms with Gasteiger partial charge in [-0.25, -0.2) is 0 Å². The van der Waals surface area contributed by atoms with E-state index in [1.807, 2.05) is 0 Å². The first-order valence-corrected chi connectivity index (χ1v) is 6.00. The van der Waals surface area contributed by atoms with Crippen molar-refractivity contribution in [1.29, 1.82) is 0 Å². The molecule has 1 heterocycles. The standard InChI is InChI=1S/C8H12Cl3NO6/c9-8(10,7(17)12-11)6-5(16)4(15)3(14)2(1-13)18-6/h2-6,13-16H,1H2,(H,12,17)/t2-,3+,4+,5-,6+/m1/s1. The van der Waals surface area contributed by atoms with Crippen LogP contribution in [0.3, 0.4) is 0 Å². The minimum Gasteiger partial charge on any atom is -0.394 e. The lowest BCUT2D eigenvalue weighted by Crippen LogP contribution is -2.64. The molecule has 18 heavy (non-hydrogen) atoms. The van der Waals surface area contributed by atoms with Crippen LogP contribution in [-0.2, 0) is 9.53 Å². The largest absolute Gasteiger partial charge is 0.394 e. The zero-order chi connectivity index (χ0) is 14.1. The Balaban J connectivity index is 2.97. The number of ether oxygens (including phenoxy) is 1. The van der Waals surface area contributed by atoms with Gasteiger partial charge in [-0.3, -0.25) is 9.63 Å². The van der Waals surface area contributed by atoms with Gasteiger partial charge in [0.25, 0.3) is 5.91 Å². The second-order valence-corrected chi connectivity index (χ2v) is 5.37. The fourth-order valence-corrected chi connectivity index (χ4v) is 2.29. The van der Waals surface area contributed by atoms with E-state index < -0.39 is 47.4 Å². The summed E-state index contributed by atoms with van der Waals surface area (Å²) in [6.45, 7) is -0.659. The van der Waals surface area contributed by atoms with Crippen LogP contribution in [0, 0.1) is 0 Å². The summed E-state index contributed by atoms with van der Waals surface area (Å²) in [4.78, 5) is 13.0. The van der Waals surface area contributed by atoms with Crippen LogP contribution in [0.2, 0.25) is 0 Å². The number of halogens is 3. The third kappa shape index (κ3) is 2.83. The van der Waals surface area contributed by atoms with E-state index >= 15 is 0 Å². The molecule has 1 saturated heterocycles. The van der Waals surface area contributed by atoms with Crippen molar-refractivity contribution in [3.8, 4) is 0 Å². The Morgan fingerprint density at radius 3 is 2.22 bits per heavy atom. The van der Waals surface area contributed by atoms with Crippen LogP contribution in [0.4, 0.5) is 0 Å². The smallest absolute Gasteiger partial charge is 0.273 e. The van der Waals surface area contributed by atoms with Gasteiger partial charge in [0.05, 0.1) is 6.61 Å². The summed E-state index contributed by atoms with van der Waals surface area (Å²) in [6, 6.07) is 0. The first-order chi connectivity index (χ1) is 8.27. The number of carbonyl (C=O) groups excluding carboxylic acids is 1. The van der Waals surface area contributed by atoms with Gasteiger partial charge >= 0.3 is 0 Å². The lowest BCUT2D eigenvalue weighted by Gasteiger charge is -2.43. The molecule has 0 spiro atoms. The van der Waals surface area contributed by atoms with Crippen molar-refractivity contribution in [2.75, 3.05) is 6.61 Å². The molecule has 1 fully saturated rings. The summed E-state index contributed by atoms with van der Waals surface area (Å²) < 4.78 is 2.73. The molecule has 7 nitrogen and oxygen atoms in total. The fraction of sp³-hybridized carbons (Fsp3) is 0.875. The van der Waals surface area contributed by atoms with E-state index in [1.165, 1.54) is 0 Å². The van der Waals surface area contributed by atoms with E-state index in [9.17, 15) is 20.1 Å². The first-order valence-electron chi connectivity index (χ1n) is 4.86. The Morgan fingerprint density at radius 2 is 1.78 bits per heavy atom. The van der Waals surface area contributed by atoms with Gasteiger partial charge in [0.15, 0.2) is 0 Å².